The molecule has 1 aromatic rings. The van der Waals surface area contributed by atoms with E-state index in [2.05, 4.69) is 15.8 Å². The lowest BCUT2D eigenvalue weighted by Gasteiger charge is -2.06. The third-order valence-electron chi connectivity index (χ3n) is 2.79. The van der Waals surface area contributed by atoms with Crippen molar-refractivity contribution in [1.29, 1.82) is 0 Å². The zero-order chi connectivity index (χ0) is 11.1. The highest BCUT2D eigenvalue weighted by Gasteiger charge is 2.45. The van der Waals surface area contributed by atoms with Crippen LogP contribution in [0.4, 0.5) is 0 Å². The van der Waals surface area contributed by atoms with Gasteiger partial charge in [-0.3, -0.25) is 4.68 Å². The van der Waals surface area contributed by atoms with Crippen LogP contribution in [0.5, 0.6) is 0 Å². The molecule has 0 saturated heterocycles. The van der Waals surface area contributed by atoms with Gasteiger partial charge in [0.25, 0.3) is 0 Å². The average molecular weight is 204 g/mol. The predicted molar refractivity (Wildman–Crippen MR) is 54.3 cm³/mol. The minimum Gasteiger partial charge on any atom is -0.464 e. The van der Waals surface area contributed by atoms with Crippen LogP contribution in [0.2, 0.25) is 0 Å². The van der Waals surface area contributed by atoms with Crippen molar-refractivity contribution in [2.45, 2.75) is 18.3 Å². The van der Waals surface area contributed by atoms with E-state index in [-0.39, 0.29) is 5.41 Å². The van der Waals surface area contributed by atoms with E-state index in [1.54, 1.807) is 17.8 Å². The fraction of sp³-hybridized carbons (Fsp3) is 0.455. The van der Waals surface area contributed by atoms with Crippen LogP contribution in [0, 0.1) is 12.3 Å². The maximum absolute atomic E-state index is 11.3. The highest BCUT2D eigenvalue weighted by Crippen LogP contribution is 2.47. The molecule has 0 unspecified atom stereocenters. The van der Waals surface area contributed by atoms with E-state index in [0.29, 0.717) is 5.69 Å². The van der Waals surface area contributed by atoms with Gasteiger partial charge >= 0.3 is 5.97 Å². The fourth-order valence-electron chi connectivity index (χ4n) is 1.72. The first kappa shape index (κ1) is 9.78. The second-order valence-electron chi connectivity index (χ2n) is 3.76. The third kappa shape index (κ3) is 1.40. The molecule has 0 N–H and O–H groups in total. The molecule has 0 bridgehead atoms. The SMILES string of the molecule is C#CC1(c2cc(C(=O)OC)nn2C)CC1. The van der Waals surface area contributed by atoms with Crippen LogP contribution < -0.4 is 0 Å². The molecule has 4 nitrogen and oxygen atoms in total. The van der Waals surface area contributed by atoms with Gasteiger partial charge in [0.15, 0.2) is 5.69 Å². The lowest BCUT2D eigenvalue weighted by atomic mass is 10.0. The Kier molecular flexibility index (Phi) is 2.04. The van der Waals surface area contributed by atoms with Crippen molar-refractivity contribution in [3.05, 3.63) is 17.5 Å². The lowest BCUT2D eigenvalue weighted by molar-refractivity contribution is 0.0593. The molecule has 1 aromatic heterocycles. The molecule has 1 saturated carbocycles. The summed E-state index contributed by atoms with van der Waals surface area (Å²) in [5.41, 5.74) is 1.04. The predicted octanol–water partition coefficient (Wildman–Crippen LogP) is 0.872. The van der Waals surface area contributed by atoms with Gasteiger partial charge in [-0.15, -0.1) is 6.42 Å². The Morgan fingerprint density at radius 2 is 2.40 bits per heavy atom. The van der Waals surface area contributed by atoms with Crippen LogP contribution in [0.15, 0.2) is 6.07 Å². The lowest BCUT2D eigenvalue weighted by Crippen LogP contribution is -2.09. The first-order chi connectivity index (χ1) is 7.13. The number of aryl methyl sites for hydroxylation is 1. The molecule has 0 aliphatic heterocycles. The van der Waals surface area contributed by atoms with Crippen molar-refractivity contribution in [3.63, 3.8) is 0 Å². The Morgan fingerprint density at radius 3 is 2.87 bits per heavy atom. The van der Waals surface area contributed by atoms with E-state index in [9.17, 15) is 4.79 Å². The molecule has 15 heavy (non-hydrogen) atoms. The zero-order valence-corrected chi connectivity index (χ0v) is 8.78. The topological polar surface area (TPSA) is 44.1 Å². The molecule has 2 rings (SSSR count). The van der Waals surface area contributed by atoms with Gasteiger partial charge in [-0.25, -0.2) is 4.79 Å². The zero-order valence-electron chi connectivity index (χ0n) is 8.78. The molecular formula is C11H12N2O2. The number of esters is 1. The molecule has 78 valence electrons. The Labute approximate surface area is 88.2 Å². The summed E-state index contributed by atoms with van der Waals surface area (Å²) < 4.78 is 6.27. The maximum atomic E-state index is 11.3. The monoisotopic (exact) mass is 204 g/mol. The molecular weight excluding hydrogens is 192 g/mol. The van der Waals surface area contributed by atoms with Crippen molar-refractivity contribution in [3.8, 4) is 12.3 Å². The van der Waals surface area contributed by atoms with Gasteiger partial charge < -0.3 is 4.74 Å². The summed E-state index contributed by atoms with van der Waals surface area (Å²) in [7, 11) is 3.13. The molecule has 1 heterocycles. The van der Waals surface area contributed by atoms with E-state index in [4.69, 9.17) is 6.42 Å². The second-order valence-corrected chi connectivity index (χ2v) is 3.76. The normalized spacial score (nSPS) is 16.9. The van der Waals surface area contributed by atoms with Gasteiger partial charge in [-0.2, -0.15) is 5.10 Å². The smallest absolute Gasteiger partial charge is 0.358 e. The van der Waals surface area contributed by atoms with E-state index in [1.165, 1.54) is 7.11 Å². The number of ether oxygens (including phenoxy) is 1. The van der Waals surface area contributed by atoms with Crippen LogP contribution in [-0.4, -0.2) is 22.9 Å². The van der Waals surface area contributed by atoms with Gasteiger partial charge in [0, 0.05) is 7.05 Å². The average Bonchev–Trinajstić information content (AvgIpc) is 2.95. The minimum atomic E-state index is -0.426. The van der Waals surface area contributed by atoms with E-state index >= 15 is 0 Å². The van der Waals surface area contributed by atoms with Crippen LogP contribution in [-0.2, 0) is 17.2 Å². The maximum Gasteiger partial charge on any atom is 0.358 e. The van der Waals surface area contributed by atoms with Gasteiger partial charge in [0.05, 0.1) is 18.2 Å². The van der Waals surface area contributed by atoms with Crippen molar-refractivity contribution in [1.82, 2.24) is 9.78 Å². The van der Waals surface area contributed by atoms with Crippen molar-refractivity contribution >= 4 is 5.97 Å². The molecule has 0 spiro atoms. The number of hydrogen-bond donors (Lipinski definition) is 0. The Bertz CT molecular complexity index is 450. The highest BCUT2D eigenvalue weighted by atomic mass is 16.5. The van der Waals surface area contributed by atoms with Crippen molar-refractivity contribution in [2.24, 2.45) is 7.05 Å². The molecule has 0 amide bonds. The van der Waals surface area contributed by atoms with E-state index in [1.807, 2.05) is 0 Å². The largest absolute Gasteiger partial charge is 0.464 e. The number of terminal acetylenes is 1. The number of hydrogen-bond acceptors (Lipinski definition) is 3. The van der Waals surface area contributed by atoms with Gasteiger partial charge in [-0.05, 0) is 18.9 Å². The van der Waals surface area contributed by atoms with Crippen LogP contribution >= 0.6 is 0 Å². The summed E-state index contributed by atoms with van der Waals surface area (Å²) >= 11 is 0. The highest BCUT2D eigenvalue weighted by molar-refractivity contribution is 5.87. The Balaban J connectivity index is 2.39. The summed E-state index contributed by atoms with van der Waals surface area (Å²) in [6.45, 7) is 0. The molecule has 1 aliphatic rings. The van der Waals surface area contributed by atoms with Crippen LogP contribution in [0.25, 0.3) is 0 Å². The van der Waals surface area contributed by atoms with Crippen LogP contribution in [0.3, 0.4) is 0 Å². The summed E-state index contributed by atoms with van der Waals surface area (Å²) in [5, 5.41) is 4.08. The number of carbonyl (C=O) groups is 1. The van der Waals surface area contributed by atoms with E-state index < -0.39 is 5.97 Å². The Morgan fingerprint density at radius 1 is 1.73 bits per heavy atom. The van der Waals surface area contributed by atoms with Crippen molar-refractivity contribution in [2.75, 3.05) is 7.11 Å². The first-order valence-electron chi connectivity index (χ1n) is 4.73. The molecule has 1 aliphatic carbocycles. The quantitative estimate of drug-likeness (QED) is 0.530. The molecule has 4 heteroatoms. The number of aromatic nitrogens is 2. The van der Waals surface area contributed by atoms with Gasteiger partial charge in [0.1, 0.15) is 0 Å². The van der Waals surface area contributed by atoms with E-state index in [0.717, 1.165) is 18.5 Å². The molecule has 0 atom stereocenters. The third-order valence-corrected chi connectivity index (χ3v) is 2.79. The number of carbonyl (C=O) groups excluding carboxylic acids is 1. The first-order valence-corrected chi connectivity index (χ1v) is 4.73. The standard InChI is InChI=1S/C11H12N2O2/c1-4-11(5-6-11)9-7-8(10(14)15-3)12-13(9)2/h1,7H,5-6H2,2-3H3. The molecule has 0 radical (unpaired) electrons. The van der Waals surface area contributed by atoms with Gasteiger partial charge in [-0.1, -0.05) is 5.92 Å². The minimum absolute atomic E-state index is 0.200. The summed E-state index contributed by atoms with van der Waals surface area (Å²) in [4.78, 5) is 11.3. The molecule has 1 fully saturated rings. The number of nitrogens with zero attached hydrogens (tertiary/aromatic N) is 2. The summed E-state index contributed by atoms with van der Waals surface area (Å²) in [6.07, 6.45) is 7.40. The second kappa shape index (κ2) is 3.13. The fourth-order valence-corrected chi connectivity index (χ4v) is 1.72. The van der Waals surface area contributed by atoms with Crippen molar-refractivity contribution < 1.29 is 9.53 Å². The van der Waals surface area contributed by atoms with Crippen LogP contribution in [0.1, 0.15) is 29.0 Å². The number of methoxy groups -OCH3 is 1. The molecule has 0 aromatic carbocycles. The summed E-state index contributed by atoms with van der Waals surface area (Å²) in [6, 6.07) is 1.72. The number of rotatable bonds is 2. The van der Waals surface area contributed by atoms with Gasteiger partial charge in [0.2, 0.25) is 0 Å². The summed E-state index contributed by atoms with van der Waals surface area (Å²) in [5.74, 6) is 2.34. The Hall–Kier alpha value is -1.76.